The van der Waals surface area contributed by atoms with Crippen molar-refractivity contribution in [2.45, 2.75) is 19.4 Å². The molecule has 0 aliphatic carbocycles. The van der Waals surface area contributed by atoms with Gasteiger partial charge in [0.05, 0.1) is 6.54 Å². The number of rotatable bonds is 3. The molecule has 1 atom stereocenters. The summed E-state index contributed by atoms with van der Waals surface area (Å²) in [6, 6.07) is 16.3. The van der Waals surface area contributed by atoms with Crippen LogP contribution in [-0.4, -0.2) is 19.2 Å². The molecule has 0 radical (unpaired) electrons. The SMILES string of the molecule is Cc1cccc(N2CCC(Oc3cccc(N)c3)C2)c1. The Morgan fingerprint density at radius 1 is 1.15 bits per heavy atom. The average Bonchev–Trinajstić information content (AvgIpc) is 2.87. The van der Waals surface area contributed by atoms with E-state index in [0.717, 1.165) is 30.9 Å². The van der Waals surface area contributed by atoms with E-state index in [-0.39, 0.29) is 6.10 Å². The molecule has 20 heavy (non-hydrogen) atoms. The number of anilines is 2. The number of nitrogen functional groups attached to an aromatic ring is 1. The molecule has 1 aliphatic rings. The zero-order valence-electron chi connectivity index (χ0n) is 11.8. The van der Waals surface area contributed by atoms with Crippen LogP contribution in [0.5, 0.6) is 5.75 Å². The van der Waals surface area contributed by atoms with Gasteiger partial charge in [-0.15, -0.1) is 0 Å². The predicted molar refractivity (Wildman–Crippen MR) is 83.3 cm³/mol. The van der Waals surface area contributed by atoms with Gasteiger partial charge in [-0.3, -0.25) is 0 Å². The average molecular weight is 268 g/mol. The fraction of sp³-hybridized carbons (Fsp3) is 0.294. The van der Waals surface area contributed by atoms with Gasteiger partial charge in [-0.2, -0.15) is 0 Å². The first-order chi connectivity index (χ1) is 9.70. The van der Waals surface area contributed by atoms with Gasteiger partial charge in [-0.25, -0.2) is 0 Å². The summed E-state index contributed by atoms with van der Waals surface area (Å²) < 4.78 is 6.02. The van der Waals surface area contributed by atoms with Crippen molar-refractivity contribution < 1.29 is 4.74 Å². The molecule has 2 aromatic rings. The van der Waals surface area contributed by atoms with E-state index in [2.05, 4.69) is 36.1 Å². The van der Waals surface area contributed by atoms with Gasteiger partial charge in [0, 0.05) is 30.4 Å². The molecule has 1 heterocycles. The van der Waals surface area contributed by atoms with Gasteiger partial charge in [0.25, 0.3) is 0 Å². The van der Waals surface area contributed by atoms with Crippen LogP contribution in [0.25, 0.3) is 0 Å². The van der Waals surface area contributed by atoms with E-state index < -0.39 is 0 Å². The van der Waals surface area contributed by atoms with E-state index in [1.165, 1.54) is 11.3 Å². The highest BCUT2D eigenvalue weighted by Crippen LogP contribution is 2.25. The minimum Gasteiger partial charge on any atom is -0.488 e. The standard InChI is InChI=1S/C17H20N2O/c1-13-4-2-6-15(10-13)19-9-8-17(12-19)20-16-7-3-5-14(18)11-16/h2-7,10-11,17H,8-9,12,18H2,1H3. The van der Waals surface area contributed by atoms with Crippen molar-refractivity contribution in [3.63, 3.8) is 0 Å². The van der Waals surface area contributed by atoms with Crippen molar-refractivity contribution in [3.8, 4) is 5.75 Å². The number of hydrogen-bond donors (Lipinski definition) is 1. The third-order valence-electron chi connectivity index (χ3n) is 3.67. The van der Waals surface area contributed by atoms with Crippen LogP contribution in [0, 0.1) is 6.92 Å². The van der Waals surface area contributed by atoms with Gasteiger partial charge in [0.15, 0.2) is 0 Å². The van der Waals surface area contributed by atoms with E-state index >= 15 is 0 Å². The van der Waals surface area contributed by atoms with Gasteiger partial charge in [-0.05, 0) is 36.8 Å². The number of aryl methyl sites for hydroxylation is 1. The number of nitrogens with two attached hydrogens (primary N) is 1. The molecular weight excluding hydrogens is 248 g/mol. The van der Waals surface area contributed by atoms with Crippen LogP contribution >= 0.6 is 0 Å². The molecule has 1 fully saturated rings. The van der Waals surface area contributed by atoms with Crippen LogP contribution in [-0.2, 0) is 0 Å². The number of hydrogen-bond acceptors (Lipinski definition) is 3. The first-order valence-corrected chi connectivity index (χ1v) is 7.04. The summed E-state index contributed by atoms with van der Waals surface area (Å²) in [6.07, 6.45) is 1.28. The van der Waals surface area contributed by atoms with E-state index in [0.29, 0.717) is 0 Å². The molecule has 1 saturated heterocycles. The summed E-state index contributed by atoms with van der Waals surface area (Å²) in [5.74, 6) is 0.862. The van der Waals surface area contributed by atoms with Crippen molar-refractivity contribution >= 4 is 11.4 Å². The van der Waals surface area contributed by atoms with Crippen LogP contribution in [0.2, 0.25) is 0 Å². The number of nitrogens with zero attached hydrogens (tertiary/aromatic N) is 1. The molecule has 1 aliphatic heterocycles. The zero-order chi connectivity index (χ0) is 13.9. The van der Waals surface area contributed by atoms with Crippen molar-refractivity contribution in [3.05, 3.63) is 54.1 Å². The molecule has 0 saturated carbocycles. The largest absolute Gasteiger partial charge is 0.488 e. The molecule has 3 nitrogen and oxygen atoms in total. The summed E-state index contributed by atoms with van der Waals surface area (Å²) in [4.78, 5) is 2.38. The minimum absolute atomic E-state index is 0.234. The molecular formula is C17H20N2O. The summed E-state index contributed by atoms with van der Waals surface area (Å²) >= 11 is 0. The summed E-state index contributed by atoms with van der Waals surface area (Å²) in [5.41, 5.74) is 9.10. The Morgan fingerprint density at radius 3 is 2.80 bits per heavy atom. The Hall–Kier alpha value is -2.16. The fourth-order valence-corrected chi connectivity index (χ4v) is 2.66. The third kappa shape index (κ3) is 2.87. The van der Waals surface area contributed by atoms with Crippen molar-refractivity contribution in [2.75, 3.05) is 23.7 Å². The lowest BCUT2D eigenvalue weighted by Gasteiger charge is -2.19. The number of ether oxygens (including phenoxy) is 1. The molecule has 0 bridgehead atoms. The second-order valence-electron chi connectivity index (χ2n) is 5.39. The van der Waals surface area contributed by atoms with E-state index in [9.17, 15) is 0 Å². The summed E-state index contributed by atoms with van der Waals surface area (Å²) in [5, 5.41) is 0. The van der Waals surface area contributed by atoms with E-state index in [1.54, 1.807) is 0 Å². The minimum atomic E-state index is 0.234. The lowest BCUT2D eigenvalue weighted by molar-refractivity contribution is 0.225. The van der Waals surface area contributed by atoms with Crippen LogP contribution in [0.3, 0.4) is 0 Å². The second kappa shape index (κ2) is 5.45. The Balaban J connectivity index is 1.65. The van der Waals surface area contributed by atoms with E-state index in [4.69, 9.17) is 10.5 Å². The lowest BCUT2D eigenvalue weighted by Crippen LogP contribution is -2.24. The Morgan fingerprint density at radius 2 is 2.00 bits per heavy atom. The lowest BCUT2D eigenvalue weighted by atomic mass is 10.2. The fourth-order valence-electron chi connectivity index (χ4n) is 2.66. The smallest absolute Gasteiger partial charge is 0.121 e. The summed E-state index contributed by atoms with van der Waals surface area (Å²) in [7, 11) is 0. The molecule has 0 aromatic heterocycles. The van der Waals surface area contributed by atoms with Gasteiger partial charge >= 0.3 is 0 Å². The van der Waals surface area contributed by atoms with Crippen LogP contribution in [0.4, 0.5) is 11.4 Å². The molecule has 104 valence electrons. The highest BCUT2D eigenvalue weighted by atomic mass is 16.5. The van der Waals surface area contributed by atoms with Gasteiger partial charge in [-0.1, -0.05) is 18.2 Å². The van der Waals surface area contributed by atoms with Crippen molar-refractivity contribution in [1.82, 2.24) is 0 Å². The predicted octanol–water partition coefficient (Wildman–Crippen LogP) is 3.23. The molecule has 0 amide bonds. The van der Waals surface area contributed by atoms with Gasteiger partial charge in [0.1, 0.15) is 11.9 Å². The monoisotopic (exact) mass is 268 g/mol. The Kier molecular flexibility index (Phi) is 3.50. The van der Waals surface area contributed by atoms with Crippen LogP contribution in [0.1, 0.15) is 12.0 Å². The normalized spacial score (nSPS) is 18.2. The molecule has 1 unspecified atom stereocenters. The zero-order valence-corrected chi connectivity index (χ0v) is 11.8. The van der Waals surface area contributed by atoms with Gasteiger partial charge in [0.2, 0.25) is 0 Å². The van der Waals surface area contributed by atoms with Gasteiger partial charge < -0.3 is 15.4 Å². The molecule has 3 rings (SSSR count). The topological polar surface area (TPSA) is 38.5 Å². The highest BCUT2D eigenvalue weighted by Gasteiger charge is 2.24. The Labute approximate surface area is 120 Å². The van der Waals surface area contributed by atoms with E-state index in [1.807, 2.05) is 24.3 Å². The van der Waals surface area contributed by atoms with Crippen LogP contribution < -0.4 is 15.4 Å². The highest BCUT2D eigenvalue weighted by molar-refractivity contribution is 5.49. The Bertz CT molecular complexity index is 597. The third-order valence-corrected chi connectivity index (χ3v) is 3.67. The summed E-state index contributed by atoms with van der Waals surface area (Å²) in [6.45, 7) is 4.09. The first kappa shape index (κ1) is 12.9. The molecule has 3 heteroatoms. The first-order valence-electron chi connectivity index (χ1n) is 7.04. The van der Waals surface area contributed by atoms with Crippen molar-refractivity contribution in [1.29, 1.82) is 0 Å². The molecule has 2 aromatic carbocycles. The number of benzene rings is 2. The molecule has 2 N–H and O–H groups in total. The quantitative estimate of drug-likeness (QED) is 0.869. The van der Waals surface area contributed by atoms with Crippen molar-refractivity contribution in [2.24, 2.45) is 0 Å². The molecule has 0 spiro atoms. The van der Waals surface area contributed by atoms with Crippen LogP contribution in [0.15, 0.2) is 48.5 Å². The second-order valence-corrected chi connectivity index (χ2v) is 5.39. The maximum Gasteiger partial charge on any atom is 0.121 e. The maximum absolute atomic E-state index is 6.02. The maximum atomic E-state index is 6.02.